The van der Waals surface area contributed by atoms with Gasteiger partial charge in [-0.05, 0) is 37.6 Å². The van der Waals surface area contributed by atoms with Crippen LogP contribution in [0.5, 0.6) is 0 Å². The highest BCUT2D eigenvalue weighted by Crippen LogP contribution is 2.34. The first-order valence-corrected chi connectivity index (χ1v) is 8.41. The molecule has 0 radical (unpaired) electrons. The fourth-order valence-corrected chi connectivity index (χ4v) is 3.87. The smallest absolute Gasteiger partial charge is 0.0992 e. The maximum Gasteiger partial charge on any atom is 0.0992 e. The van der Waals surface area contributed by atoms with Gasteiger partial charge in [-0.1, -0.05) is 6.07 Å². The van der Waals surface area contributed by atoms with E-state index < -0.39 is 0 Å². The van der Waals surface area contributed by atoms with Crippen LogP contribution >= 0.6 is 0 Å². The molecule has 1 aromatic rings. The van der Waals surface area contributed by atoms with Crippen molar-refractivity contribution in [1.29, 1.82) is 5.26 Å². The number of piperidine rings is 1. The van der Waals surface area contributed by atoms with Crippen molar-refractivity contribution in [3.05, 3.63) is 29.8 Å². The second-order valence-corrected chi connectivity index (χ2v) is 6.74. The molecule has 0 saturated carbocycles. The normalized spacial score (nSPS) is 26.0. The number of nitriles is 1. The van der Waals surface area contributed by atoms with Crippen molar-refractivity contribution in [3.8, 4) is 6.07 Å². The zero-order valence-electron chi connectivity index (χ0n) is 13.6. The molecular weight excluding hydrogens is 290 g/mol. The summed E-state index contributed by atoms with van der Waals surface area (Å²) in [4.78, 5) is 4.71. The molecule has 5 nitrogen and oxygen atoms in total. The second kappa shape index (κ2) is 7.31. The van der Waals surface area contributed by atoms with Gasteiger partial charge >= 0.3 is 0 Å². The molecule has 0 aliphatic carbocycles. The number of benzene rings is 1. The van der Waals surface area contributed by atoms with E-state index in [4.69, 9.17) is 10.00 Å². The summed E-state index contributed by atoms with van der Waals surface area (Å²) < 4.78 is 5.93. The first-order valence-electron chi connectivity index (χ1n) is 8.41. The minimum Gasteiger partial charge on any atom is -0.395 e. The molecule has 124 valence electrons. The number of ether oxygens (including phenoxy) is 1. The maximum absolute atomic E-state index is 9.23. The van der Waals surface area contributed by atoms with Gasteiger partial charge in [0, 0.05) is 37.3 Å². The lowest BCUT2D eigenvalue weighted by Gasteiger charge is -2.44. The quantitative estimate of drug-likeness (QED) is 0.915. The minimum atomic E-state index is 0.118. The fourth-order valence-electron chi connectivity index (χ4n) is 3.87. The largest absolute Gasteiger partial charge is 0.395 e. The molecule has 5 heteroatoms. The van der Waals surface area contributed by atoms with Crippen LogP contribution in [0.25, 0.3) is 0 Å². The van der Waals surface area contributed by atoms with Crippen LogP contribution in [0, 0.1) is 16.7 Å². The Morgan fingerprint density at radius 3 is 3.04 bits per heavy atom. The Hall–Kier alpha value is -1.61. The van der Waals surface area contributed by atoms with E-state index in [1.807, 2.05) is 18.2 Å². The van der Waals surface area contributed by atoms with Gasteiger partial charge in [0.05, 0.1) is 31.5 Å². The van der Waals surface area contributed by atoms with Gasteiger partial charge in [0.15, 0.2) is 0 Å². The number of anilines is 1. The van der Waals surface area contributed by atoms with E-state index in [2.05, 4.69) is 21.9 Å². The van der Waals surface area contributed by atoms with E-state index in [1.165, 1.54) is 0 Å². The predicted molar refractivity (Wildman–Crippen MR) is 89.4 cm³/mol. The molecule has 2 fully saturated rings. The monoisotopic (exact) mass is 315 g/mol. The number of rotatable bonds is 3. The first kappa shape index (κ1) is 16.3. The molecule has 0 amide bonds. The summed E-state index contributed by atoms with van der Waals surface area (Å²) in [5, 5.41) is 18.4. The third-order valence-corrected chi connectivity index (χ3v) is 4.94. The summed E-state index contributed by atoms with van der Waals surface area (Å²) in [5.74, 6) is 0. The Balaban J connectivity index is 1.79. The number of aliphatic hydroxyl groups is 1. The Morgan fingerprint density at radius 2 is 2.22 bits per heavy atom. The van der Waals surface area contributed by atoms with Gasteiger partial charge in [-0.25, -0.2) is 0 Å². The van der Waals surface area contributed by atoms with E-state index in [0.717, 1.165) is 64.5 Å². The highest BCUT2D eigenvalue weighted by Gasteiger charge is 2.38. The van der Waals surface area contributed by atoms with Gasteiger partial charge in [-0.15, -0.1) is 0 Å². The lowest BCUT2D eigenvalue weighted by Crippen LogP contribution is -2.51. The average Bonchev–Trinajstić information content (AvgIpc) is 2.78. The van der Waals surface area contributed by atoms with E-state index in [1.54, 1.807) is 0 Å². The van der Waals surface area contributed by atoms with Crippen LogP contribution in [0.4, 0.5) is 5.69 Å². The van der Waals surface area contributed by atoms with Gasteiger partial charge in [-0.2, -0.15) is 5.26 Å². The summed E-state index contributed by atoms with van der Waals surface area (Å²) in [5.41, 5.74) is 1.92. The Bertz CT molecular complexity index is 570. The molecule has 0 aromatic heterocycles. The Kier molecular flexibility index (Phi) is 5.16. The van der Waals surface area contributed by atoms with Crippen LogP contribution in [-0.4, -0.2) is 62.6 Å². The van der Waals surface area contributed by atoms with E-state index in [9.17, 15) is 5.11 Å². The molecule has 3 rings (SSSR count). The summed E-state index contributed by atoms with van der Waals surface area (Å²) in [6.45, 7) is 6.30. The summed E-state index contributed by atoms with van der Waals surface area (Å²) in [6.07, 6.45) is 2.30. The third-order valence-electron chi connectivity index (χ3n) is 4.94. The molecule has 1 N–H and O–H groups in total. The Morgan fingerprint density at radius 1 is 1.30 bits per heavy atom. The standard InChI is InChI=1S/C18H25N3O2/c19-12-16-3-1-4-17(11-16)21-8-10-23-15-18(14-21)5-2-6-20(13-18)7-9-22/h1,3-4,11,22H,2,5-10,13-15H2. The molecule has 2 saturated heterocycles. The molecule has 1 unspecified atom stereocenters. The number of likely N-dealkylation sites (tertiary alicyclic amines) is 1. The van der Waals surface area contributed by atoms with Crippen molar-refractivity contribution in [1.82, 2.24) is 4.90 Å². The summed E-state index contributed by atoms with van der Waals surface area (Å²) in [7, 11) is 0. The van der Waals surface area contributed by atoms with Gasteiger partial charge in [0.2, 0.25) is 0 Å². The number of β-amino-alcohol motifs (C(OH)–C–C–N with tert-alkyl or cyclic N) is 1. The van der Waals surface area contributed by atoms with E-state index in [0.29, 0.717) is 5.56 Å². The van der Waals surface area contributed by atoms with Crippen molar-refractivity contribution in [2.45, 2.75) is 12.8 Å². The molecule has 1 spiro atoms. The molecule has 1 aromatic carbocycles. The van der Waals surface area contributed by atoms with Gasteiger partial charge in [-0.3, -0.25) is 0 Å². The zero-order valence-corrected chi connectivity index (χ0v) is 13.6. The molecule has 2 aliphatic heterocycles. The van der Waals surface area contributed by atoms with Crippen LogP contribution in [0.2, 0.25) is 0 Å². The zero-order chi connectivity index (χ0) is 16.1. The van der Waals surface area contributed by atoms with Crippen LogP contribution in [0.3, 0.4) is 0 Å². The van der Waals surface area contributed by atoms with Crippen molar-refractivity contribution in [2.24, 2.45) is 5.41 Å². The average molecular weight is 315 g/mol. The van der Waals surface area contributed by atoms with Crippen molar-refractivity contribution in [2.75, 3.05) is 57.4 Å². The highest BCUT2D eigenvalue weighted by atomic mass is 16.5. The topological polar surface area (TPSA) is 59.7 Å². The molecule has 2 aliphatic rings. The van der Waals surface area contributed by atoms with Gasteiger partial charge in [0.1, 0.15) is 0 Å². The number of aliphatic hydroxyl groups excluding tert-OH is 1. The maximum atomic E-state index is 9.23. The molecular formula is C18H25N3O2. The highest BCUT2D eigenvalue weighted by molar-refractivity contribution is 5.51. The Labute approximate surface area is 138 Å². The SMILES string of the molecule is N#Cc1cccc(N2CCOCC3(CCCN(CCO)C3)C2)c1. The van der Waals surface area contributed by atoms with Crippen molar-refractivity contribution >= 4 is 5.69 Å². The van der Waals surface area contributed by atoms with Crippen LogP contribution < -0.4 is 4.90 Å². The first-order chi connectivity index (χ1) is 11.2. The fraction of sp³-hybridized carbons (Fsp3) is 0.611. The van der Waals surface area contributed by atoms with Gasteiger partial charge < -0.3 is 19.6 Å². The predicted octanol–water partition coefficient (Wildman–Crippen LogP) is 1.47. The van der Waals surface area contributed by atoms with Crippen LogP contribution in [-0.2, 0) is 4.74 Å². The lowest BCUT2D eigenvalue weighted by molar-refractivity contribution is 0.00883. The third kappa shape index (κ3) is 3.84. The number of nitrogens with zero attached hydrogens (tertiary/aromatic N) is 3. The van der Waals surface area contributed by atoms with Gasteiger partial charge in [0.25, 0.3) is 0 Å². The van der Waals surface area contributed by atoms with Crippen LogP contribution in [0.1, 0.15) is 18.4 Å². The minimum absolute atomic E-state index is 0.118. The summed E-state index contributed by atoms with van der Waals surface area (Å²) in [6, 6.07) is 10.1. The number of hydrogen-bond acceptors (Lipinski definition) is 5. The van der Waals surface area contributed by atoms with E-state index in [-0.39, 0.29) is 12.0 Å². The summed E-state index contributed by atoms with van der Waals surface area (Å²) >= 11 is 0. The molecule has 1 atom stereocenters. The number of hydrogen-bond donors (Lipinski definition) is 1. The van der Waals surface area contributed by atoms with Crippen LogP contribution in [0.15, 0.2) is 24.3 Å². The van der Waals surface area contributed by atoms with Crippen molar-refractivity contribution in [3.63, 3.8) is 0 Å². The van der Waals surface area contributed by atoms with E-state index >= 15 is 0 Å². The second-order valence-electron chi connectivity index (χ2n) is 6.74. The molecule has 2 heterocycles. The lowest BCUT2D eigenvalue weighted by atomic mass is 9.80. The molecule has 23 heavy (non-hydrogen) atoms. The van der Waals surface area contributed by atoms with Crippen molar-refractivity contribution < 1.29 is 9.84 Å². The molecule has 0 bridgehead atoms.